The van der Waals surface area contributed by atoms with Crippen molar-refractivity contribution < 1.29 is 37.1 Å². The number of carbonyl (C=O) groups excluding carboxylic acids is 5. The Morgan fingerprint density at radius 2 is 1.70 bits per heavy atom. The molecule has 1 unspecified atom stereocenters. The summed E-state index contributed by atoms with van der Waals surface area (Å²) in [6.07, 6.45) is -0.292. The van der Waals surface area contributed by atoms with Crippen molar-refractivity contribution in [3.8, 4) is 0 Å². The number of pyridine rings is 1. The maximum absolute atomic E-state index is 14.3. The standard InChI is InChI=1S/C33H47F3N6O5/c1-30(2,3)25(40-29(47)41-32(13-8-6-9-14-32)17-19-11-7-10-16-38-19)28(46)42-18-20-22(31(20,4)5)23(42)27(45)39-21(24(43)26(37)44)12-15-33(34,35)36/h7,10-11,16,20-23,25H,6,8-9,12-15,17-18H2,1-5H3,(H2,37,44)(H,39,45)(H2,40,41,47)/t20-,21?,22-,23-,25+/m0/s1. The normalized spacial score (nSPS) is 24.3. The molecule has 14 heteroatoms. The van der Waals surface area contributed by atoms with Gasteiger partial charge in [-0.3, -0.25) is 24.2 Å². The molecular weight excluding hydrogens is 617 g/mol. The molecule has 260 valence electrons. The minimum absolute atomic E-state index is 0.0824. The van der Waals surface area contributed by atoms with Gasteiger partial charge in [-0.1, -0.05) is 59.9 Å². The van der Waals surface area contributed by atoms with Crippen LogP contribution < -0.4 is 21.7 Å². The molecule has 2 aliphatic carbocycles. The van der Waals surface area contributed by atoms with Crippen LogP contribution in [-0.2, 0) is 25.6 Å². The second-order valence-electron chi connectivity index (χ2n) is 15.1. The first-order valence-corrected chi connectivity index (χ1v) is 16.3. The van der Waals surface area contributed by atoms with Crippen LogP contribution in [0.15, 0.2) is 24.4 Å². The van der Waals surface area contributed by atoms with Gasteiger partial charge in [0, 0.05) is 36.8 Å². The van der Waals surface area contributed by atoms with E-state index in [1.54, 1.807) is 27.0 Å². The predicted octanol–water partition coefficient (Wildman–Crippen LogP) is 3.41. The van der Waals surface area contributed by atoms with Crippen LogP contribution in [0.25, 0.3) is 0 Å². The second-order valence-corrected chi connectivity index (χ2v) is 15.1. The van der Waals surface area contributed by atoms with E-state index in [1.165, 1.54) is 4.90 Å². The molecule has 5 atom stereocenters. The average Bonchev–Trinajstić information content (AvgIpc) is 3.28. The van der Waals surface area contributed by atoms with Gasteiger partial charge in [0.15, 0.2) is 0 Å². The number of nitrogens with two attached hydrogens (primary N) is 1. The number of aromatic nitrogens is 1. The summed E-state index contributed by atoms with van der Waals surface area (Å²) >= 11 is 0. The van der Waals surface area contributed by atoms with Gasteiger partial charge in [-0.2, -0.15) is 13.2 Å². The lowest BCUT2D eigenvalue weighted by molar-refractivity contribution is -0.147. The van der Waals surface area contributed by atoms with Crippen LogP contribution in [-0.4, -0.2) is 75.8 Å². The molecule has 1 saturated heterocycles. The number of urea groups is 1. The highest BCUT2D eigenvalue weighted by molar-refractivity contribution is 6.37. The van der Waals surface area contributed by atoms with E-state index in [2.05, 4.69) is 20.9 Å². The van der Waals surface area contributed by atoms with Crippen molar-refractivity contribution in [2.75, 3.05) is 6.54 Å². The third-order valence-corrected chi connectivity index (χ3v) is 10.2. The van der Waals surface area contributed by atoms with E-state index in [0.29, 0.717) is 6.42 Å². The zero-order chi connectivity index (χ0) is 34.9. The van der Waals surface area contributed by atoms with E-state index in [4.69, 9.17) is 5.73 Å². The van der Waals surface area contributed by atoms with Crippen LogP contribution in [0.5, 0.6) is 0 Å². The van der Waals surface area contributed by atoms with E-state index < -0.39 is 77.6 Å². The number of halogens is 3. The summed E-state index contributed by atoms with van der Waals surface area (Å²) in [6.45, 7) is 9.40. The maximum Gasteiger partial charge on any atom is 0.389 e. The predicted molar refractivity (Wildman–Crippen MR) is 166 cm³/mol. The van der Waals surface area contributed by atoms with Gasteiger partial charge in [0.1, 0.15) is 12.1 Å². The third kappa shape index (κ3) is 8.42. The number of rotatable bonds is 11. The number of carbonyl (C=O) groups is 5. The number of nitrogens with one attached hydrogen (secondary N) is 3. The number of likely N-dealkylation sites (tertiary alicyclic amines) is 1. The van der Waals surface area contributed by atoms with Crippen LogP contribution in [0.2, 0.25) is 0 Å². The minimum Gasteiger partial charge on any atom is -0.363 e. The van der Waals surface area contributed by atoms with E-state index in [0.717, 1.165) is 37.8 Å². The van der Waals surface area contributed by atoms with Crippen molar-refractivity contribution >= 4 is 29.5 Å². The molecule has 3 aliphatic rings. The second kappa shape index (κ2) is 13.4. The quantitative estimate of drug-likeness (QED) is 0.265. The number of alkyl halides is 3. The number of fused-ring (bicyclic) bond motifs is 1. The van der Waals surface area contributed by atoms with Crippen LogP contribution in [0.3, 0.4) is 0 Å². The maximum atomic E-state index is 14.3. The largest absolute Gasteiger partial charge is 0.389 e. The van der Waals surface area contributed by atoms with Gasteiger partial charge in [0.25, 0.3) is 5.91 Å². The number of ketones is 1. The van der Waals surface area contributed by atoms with Gasteiger partial charge < -0.3 is 26.6 Å². The summed E-state index contributed by atoms with van der Waals surface area (Å²) in [7, 11) is 0. The summed E-state index contributed by atoms with van der Waals surface area (Å²) < 4.78 is 39.0. The molecule has 0 spiro atoms. The van der Waals surface area contributed by atoms with Crippen LogP contribution in [0.4, 0.5) is 18.0 Å². The minimum atomic E-state index is -4.64. The number of hydrogen-bond acceptors (Lipinski definition) is 6. The molecular formula is C33H47F3N6O5. The lowest BCUT2D eigenvalue weighted by atomic mass is 9.78. The smallest absolute Gasteiger partial charge is 0.363 e. The highest BCUT2D eigenvalue weighted by Gasteiger charge is 2.70. The van der Waals surface area contributed by atoms with Crippen molar-refractivity contribution in [2.24, 2.45) is 28.4 Å². The Morgan fingerprint density at radius 3 is 2.26 bits per heavy atom. The molecule has 47 heavy (non-hydrogen) atoms. The number of primary amides is 1. The van der Waals surface area contributed by atoms with Gasteiger partial charge in [-0.25, -0.2) is 4.79 Å². The van der Waals surface area contributed by atoms with Crippen molar-refractivity contribution in [3.05, 3.63) is 30.1 Å². The van der Waals surface area contributed by atoms with Crippen LogP contribution in [0, 0.1) is 22.7 Å². The Morgan fingerprint density at radius 1 is 1.04 bits per heavy atom. The Bertz CT molecular complexity index is 1360. The van der Waals surface area contributed by atoms with Crippen molar-refractivity contribution in [1.82, 2.24) is 25.8 Å². The molecule has 1 aromatic rings. The van der Waals surface area contributed by atoms with Crippen LogP contribution >= 0.6 is 0 Å². The van der Waals surface area contributed by atoms with E-state index in [-0.39, 0.29) is 23.8 Å². The molecule has 11 nitrogen and oxygen atoms in total. The van der Waals surface area contributed by atoms with Gasteiger partial charge in [0.2, 0.25) is 17.6 Å². The number of piperidine rings is 1. The van der Waals surface area contributed by atoms with Crippen molar-refractivity contribution in [3.63, 3.8) is 0 Å². The Kier molecular flexibility index (Phi) is 10.3. The molecule has 1 aliphatic heterocycles. The molecule has 0 radical (unpaired) electrons. The molecule has 5 amide bonds. The van der Waals surface area contributed by atoms with Crippen LogP contribution in [0.1, 0.15) is 85.3 Å². The Balaban J connectivity index is 1.54. The average molecular weight is 665 g/mol. The zero-order valence-electron chi connectivity index (χ0n) is 27.7. The van der Waals surface area contributed by atoms with E-state index in [9.17, 15) is 37.1 Å². The highest BCUT2D eigenvalue weighted by Crippen LogP contribution is 2.65. The third-order valence-electron chi connectivity index (χ3n) is 10.2. The fraction of sp³-hybridized carbons (Fsp3) is 0.697. The van der Waals surface area contributed by atoms with Crippen molar-refractivity contribution in [2.45, 2.75) is 116 Å². The number of hydrogen-bond donors (Lipinski definition) is 4. The lowest BCUT2D eigenvalue weighted by Crippen LogP contribution is -2.63. The Hall–Kier alpha value is -3.71. The summed E-state index contributed by atoms with van der Waals surface area (Å²) in [6, 6.07) is 1.11. The topological polar surface area (TPSA) is 164 Å². The van der Waals surface area contributed by atoms with Gasteiger partial charge in [0.05, 0.1) is 6.04 Å². The van der Waals surface area contributed by atoms with E-state index in [1.807, 2.05) is 32.0 Å². The van der Waals surface area contributed by atoms with Crippen molar-refractivity contribution in [1.29, 1.82) is 0 Å². The summed E-state index contributed by atoms with van der Waals surface area (Å²) in [5.41, 5.74) is 4.22. The zero-order valence-corrected chi connectivity index (χ0v) is 27.7. The Labute approximate surface area is 273 Å². The monoisotopic (exact) mass is 664 g/mol. The molecule has 1 aromatic heterocycles. The fourth-order valence-electron chi connectivity index (χ4n) is 7.47. The number of amides is 5. The molecule has 2 heterocycles. The highest BCUT2D eigenvalue weighted by atomic mass is 19.4. The van der Waals surface area contributed by atoms with Gasteiger partial charge in [-0.15, -0.1) is 0 Å². The molecule has 3 fully saturated rings. The van der Waals surface area contributed by atoms with Gasteiger partial charge >= 0.3 is 12.2 Å². The fourth-order valence-corrected chi connectivity index (χ4v) is 7.47. The molecule has 0 aromatic carbocycles. The van der Waals surface area contributed by atoms with E-state index >= 15 is 0 Å². The first kappa shape index (κ1) is 36.1. The molecule has 4 rings (SSSR count). The summed E-state index contributed by atoms with van der Waals surface area (Å²) in [5, 5.41) is 8.34. The molecule has 2 saturated carbocycles. The first-order chi connectivity index (χ1) is 21.8. The summed E-state index contributed by atoms with van der Waals surface area (Å²) in [5.74, 6) is -4.60. The lowest BCUT2D eigenvalue weighted by Gasteiger charge is -2.41. The number of Topliss-reactive ketones (excluding diaryl/α,β-unsaturated/α-hetero) is 1. The molecule has 5 N–H and O–H groups in total. The van der Waals surface area contributed by atoms with Gasteiger partial charge in [-0.05, 0) is 54.1 Å². The molecule has 0 bridgehead atoms. The number of nitrogens with zero attached hydrogens (tertiary/aromatic N) is 2. The SMILES string of the molecule is CC(C)(C)[C@H](NC(=O)NC1(Cc2ccccn2)CCCCC1)C(=O)N1C[C@H]2[C@@H]([C@H]1C(=O)NC(CCC(F)(F)F)C(=O)C(N)=O)C2(C)C. The first-order valence-electron chi connectivity index (χ1n) is 16.3. The summed E-state index contributed by atoms with van der Waals surface area (Å²) in [4.78, 5) is 71.5.